The summed E-state index contributed by atoms with van der Waals surface area (Å²) in [5, 5.41) is 7.73. The molecule has 2 aromatic rings. The molecule has 0 unspecified atom stereocenters. The first kappa shape index (κ1) is 20.9. The Hall–Kier alpha value is -3.42. The van der Waals surface area contributed by atoms with E-state index in [-0.39, 0.29) is 43.8 Å². The van der Waals surface area contributed by atoms with Gasteiger partial charge in [-0.25, -0.2) is 4.39 Å². The molecule has 148 valence electrons. The highest BCUT2D eigenvalue weighted by molar-refractivity contribution is 5.94. The van der Waals surface area contributed by atoms with Crippen LogP contribution in [0.25, 0.3) is 0 Å². The number of hydrogen-bond donors (Lipinski definition) is 3. The van der Waals surface area contributed by atoms with E-state index in [2.05, 4.69) is 16.0 Å². The second kappa shape index (κ2) is 10.7. The summed E-state index contributed by atoms with van der Waals surface area (Å²) >= 11 is 0. The van der Waals surface area contributed by atoms with E-state index < -0.39 is 5.82 Å². The number of nitrogens with one attached hydrogen (secondary N) is 3. The molecule has 0 aliphatic rings. The lowest BCUT2D eigenvalue weighted by molar-refractivity contribution is -0.125. The van der Waals surface area contributed by atoms with E-state index in [1.165, 1.54) is 18.2 Å². The van der Waals surface area contributed by atoms with Crippen molar-refractivity contribution in [1.29, 1.82) is 0 Å². The lowest BCUT2D eigenvalue weighted by Crippen LogP contribution is -2.40. The molecule has 0 radical (unpaired) electrons. The van der Waals surface area contributed by atoms with Gasteiger partial charge < -0.3 is 20.7 Å². The Morgan fingerprint density at radius 2 is 1.64 bits per heavy atom. The van der Waals surface area contributed by atoms with Crippen LogP contribution in [0.1, 0.15) is 15.9 Å². The number of benzene rings is 2. The maximum absolute atomic E-state index is 13.1. The summed E-state index contributed by atoms with van der Waals surface area (Å²) in [5.41, 5.74) is 1.01. The first-order valence-electron chi connectivity index (χ1n) is 8.68. The van der Waals surface area contributed by atoms with Crippen LogP contribution < -0.4 is 20.7 Å². The standard InChI is InChI=1S/C20H22FN3O4/c1-28-17-7-5-15(6-8-17)20(27)23-10-9-22-19(26)13-24-18(25)12-14-3-2-4-16(21)11-14/h2-8,11H,9-10,12-13H2,1H3,(H,22,26)(H,23,27)(H,24,25). The molecule has 0 fully saturated rings. The SMILES string of the molecule is COc1ccc(C(=O)NCCNC(=O)CNC(=O)Cc2cccc(F)c2)cc1. The van der Waals surface area contributed by atoms with Gasteiger partial charge in [0, 0.05) is 18.7 Å². The van der Waals surface area contributed by atoms with Crippen LogP contribution in [-0.2, 0) is 16.0 Å². The van der Waals surface area contributed by atoms with E-state index in [1.807, 2.05) is 0 Å². The summed E-state index contributed by atoms with van der Waals surface area (Å²) in [6.45, 7) is 0.273. The number of carbonyl (C=O) groups excluding carboxylic acids is 3. The van der Waals surface area contributed by atoms with Crippen LogP contribution in [-0.4, -0.2) is 44.5 Å². The Balaban J connectivity index is 1.61. The van der Waals surface area contributed by atoms with E-state index >= 15 is 0 Å². The maximum atomic E-state index is 13.1. The van der Waals surface area contributed by atoms with Crippen molar-refractivity contribution in [3.8, 4) is 5.75 Å². The third-order valence-corrected chi connectivity index (χ3v) is 3.78. The fourth-order valence-corrected chi connectivity index (χ4v) is 2.36. The number of hydrogen-bond acceptors (Lipinski definition) is 4. The minimum atomic E-state index is -0.417. The molecule has 2 aromatic carbocycles. The molecule has 8 heteroatoms. The third-order valence-electron chi connectivity index (χ3n) is 3.78. The largest absolute Gasteiger partial charge is 0.497 e. The van der Waals surface area contributed by atoms with Crippen LogP contribution in [0.4, 0.5) is 4.39 Å². The van der Waals surface area contributed by atoms with Gasteiger partial charge in [-0.2, -0.15) is 0 Å². The van der Waals surface area contributed by atoms with Crippen molar-refractivity contribution in [2.75, 3.05) is 26.7 Å². The van der Waals surface area contributed by atoms with E-state index in [4.69, 9.17) is 4.74 Å². The van der Waals surface area contributed by atoms with Crippen molar-refractivity contribution >= 4 is 17.7 Å². The summed E-state index contributed by atoms with van der Waals surface area (Å²) in [5.74, 6) is -0.789. The Morgan fingerprint density at radius 1 is 0.929 bits per heavy atom. The average molecular weight is 387 g/mol. The van der Waals surface area contributed by atoms with E-state index in [0.717, 1.165) is 0 Å². The van der Waals surface area contributed by atoms with Crippen LogP contribution in [0.2, 0.25) is 0 Å². The topological polar surface area (TPSA) is 96.5 Å². The molecule has 0 aliphatic carbocycles. The smallest absolute Gasteiger partial charge is 0.251 e. The molecule has 3 amide bonds. The fourth-order valence-electron chi connectivity index (χ4n) is 2.36. The van der Waals surface area contributed by atoms with Crippen LogP contribution >= 0.6 is 0 Å². The molecule has 0 atom stereocenters. The van der Waals surface area contributed by atoms with Crippen molar-refractivity contribution in [2.45, 2.75) is 6.42 Å². The summed E-state index contributed by atoms with van der Waals surface area (Å²) in [6.07, 6.45) is -0.0110. The summed E-state index contributed by atoms with van der Waals surface area (Å²) in [7, 11) is 1.54. The zero-order valence-corrected chi connectivity index (χ0v) is 15.5. The number of halogens is 1. The molecule has 3 N–H and O–H groups in total. The Morgan fingerprint density at radius 3 is 2.32 bits per heavy atom. The van der Waals surface area contributed by atoms with Gasteiger partial charge in [-0.05, 0) is 42.0 Å². The van der Waals surface area contributed by atoms with Crippen LogP contribution in [0.5, 0.6) is 5.75 Å². The molecule has 0 bridgehead atoms. The predicted molar refractivity (Wildman–Crippen MR) is 101 cm³/mol. The maximum Gasteiger partial charge on any atom is 0.251 e. The van der Waals surface area contributed by atoms with Crippen LogP contribution in [0.15, 0.2) is 48.5 Å². The molecule has 0 aliphatic heterocycles. The molecule has 0 heterocycles. The van der Waals surface area contributed by atoms with E-state index in [0.29, 0.717) is 16.9 Å². The zero-order valence-electron chi connectivity index (χ0n) is 15.5. The third kappa shape index (κ3) is 7.06. The van der Waals surface area contributed by atoms with Gasteiger partial charge in [0.1, 0.15) is 11.6 Å². The normalized spacial score (nSPS) is 10.1. The minimum absolute atomic E-state index is 0.0110. The van der Waals surface area contributed by atoms with Gasteiger partial charge in [0.25, 0.3) is 5.91 Å². The zero-order chi connectivity index (χ0) is 20.4. The molecule has 0 spiro atoms. The lowest BCUT2D eigenvalue weighted by Gasteiger charge is -2.09. The van der Waals surface area contributed by atoms with E-state index in [9.17, 15) is 18.8 Å². The Kier molecular flexibility index (Phi) is 7.95. The quantitative estimate of drug-likeness (QED) is 0.560. The highest BCUT2D eigenvalue weighted by Crippen LogP contribution is 2.10. The van der Waals surface area contributed by atoms with Crippen molar-refractivity contribution in [2.24, 2.45) is 0 Å². The lowest BCUT2D eigenvalue weighted by atomic mass is 10.1. The first-order chi connectivity index (χ1) is 13.5. The van der Waals surface area contributed by atoms with E-state index in [1.54, 1.807) is 37.4 Å². The Labute approximate surface area is 162 Å². The molecule has 7 nitrogen and oxygen atoms in total. The second-order valence-electron chi connectivity index (χ2n) is 5.92. The molecule has 2 rings (SSSR count). The molecule has 28 heavy (non-hydrogen) atoms. The molecule has 0 saturated heterocycles. The summed E-state index contributed by atoms with van der Waals surface area (Å²) in [6, 6.07) is 12.4. The van der Waals surface area contributed by atoms with Gasteiger partial charge in [-0.3, -0.25) is 14.4 Å². The van der Waals surface area contributed by atoms with Crippen LogP contribution in [0.3, 0.4) is 0 Å². The number of rotatable bonds is 9. The highest BCUT2D eigenvalue weighted by atomic mass is 19.1. The van der Waals surface area contributed by atoms with Gasteiger partial charge in [0.2, 0.25) is 11.8 Å². The van der Waals surface area contributed by atoms with Crippen molar-refractivity contribution in [3.63, 3.8) is 0 Å². The van der Waals surface area contributed by atoms with Crippen molar-refractivity contribution in [3.05, 3.63) is 65.5 Å². The average Bonchev–Trinajstić information content (AvgIpc) is 2.69. The second-order valence-corrected chi connectivity index (χ2v) is 5.92. The van der Waals surface area contributed by atoms with Crippen molar-refractivity contribution < 1.29 is 23.5 Å². The summed E-state index contributed by atoms with van der Waals surface area (Å²) < 4.78 is 18.1. The molecule has 0 aromatic heterocycles. The minimum Gasteiger partial charge on any atom is -0.497 e. The molecular weight excluding hydrogens is 365 g/mol. The van der Waals surface area contributed by atoms with Gasteiger partial charge in [-0.15, -0.1) is 0 Å². The summed E-state index contributed by atoms with van der Waals surface area (Å²) in [4.78, 5) is 35.5. The van der Waals surface area contributed by atoms with Crippen LogP contribution in [0, 0.1) is 5.82 Å². The van der Waals surface area contributed by atoms with Gasteiger partial charge in [0.15, 0.2) is 0 Å². The fraction of sp³-hybridized carbons (Fsp3) is 0.250. The number of amides is 3. The molecule has 0 saturated carbocycles. The van der Waals surface area contributed by atoms with Gasteiger partial charge >= 0.3 is 0 Å². The predicted octanol–water partition coefficient (Wildman–Crippen LogP) is 1.04. The molecular formula is C20H22FN3O4. The Bertz CT molecular complexity index is 824. The number of methoxy groups -OCH3 is 1. The number of ether oxygens (including phenoxy) is 1. The highest BCUT2D eigenvalue weighted by Gasteiger charge is 2.08. The van der Waals surface area contributed by atoms with Gasteiger partial charge in [-0.1, -0.05) is 12.1 Å². The number of carbonyl (C=O) groups is 3. The monoisotopic (exact) mass is 387 g/mol. The van der Waals surface area contributed by atoms with Crippen molar-refractivity contribution in [1.82, 2.24) is 16.0 Å². The van der Waals surface area contributed by atoms with Gasteiger partial charge in [0.05, 0.1) is 20.1 Å². The first-order valence-corrected chi connectivity index (χ1v) is 8.68.